The van der Waals surface area contributed by atoms with Gasteiger partial charge >= 0.3 is 0 Å². The molecule has 4 nitrogen and oxygen atoms in total. The van der Waals surface area contributed by atoms with Crippen molar-refractivity contribution in [3.8, 4) is 5.75 Å². The van der Waals surface area contributed by atoms with Crippen molar-refractivity contribution in [1.82, 2.24) is 15.3 Å². The zero-order chi connectivity index (χ0) is 10.8. The number of aromatic nitrogens is 2. The van der Waals surface area contributed by atoms with Crippen molar-refractivity contribution in [3.63, 3.8) is 0 Å². The number of imidazole rings is 1. The molecule has 80 valence electrons. The van der Waals surface area contributed by atoms with Crippen LogP contribution in [0.2, 0.25) is 0 Å². The van der Waals surface area contributed by atoms with E-state index in [0.29, 0.717) is 0 Å². The molecular formula is C11H15N3O. The topological polar surface area (TPSA) is 60.9 Å². The molecule has 0 aliphatic rings. The van der Waals surface area contributed by atoms with Gasteiger partial charge in [0, 0.05) is 6.07 Å². The normalized spacial score (nSPS) is 13.2. The maximum atomic E-state index is 9.32. The van der Waals surface area contributed by atoms with Gasteiger partial charge in [0.05, 0.1) is 17.1 Å². The monoisotopic (exact) mass is 205 g/mol. The molecule has 15 heavy (non-hydrogen) atoms. The number of nitrogens with zero attached hydrogens (tertiary/aromatic N) is 1. The lowest BCUT2D eigenvalue weighted by Gasteiger charge is -2.07. The number of phenols is 1. The Balaban J connectivity index is 2.38. The summed E-state index contributed by atoms with van der Waals surface area (Å²) < 4.78 is 0. The van der Waals surface area contributed by atoms with E-state index < -0.39 is 0 Å². The van der Waals surface area contributed by atoms with Crippen molar-refractivity contribution in [3.05, 3.63) is 24.0 Å². The van der Waals surface area contributed by atoms with E-state index in [1.54, 1.807) is 12.1 Å². The Labute approximate surface area is 88.3 Å². The van der Waals surface area contributed by atoms with Gasteiger partial charge in [-0.25, -0.2) is 4.98 Å². The van der Waals surface area contributed by atoms with Crippen molar-refractivity contribution in [2.45, 2.75) is 19.9 Å². The summed E-state index contributed by atoms with van der Waals surface area (Å²) in [6.07, 6.45) is 0. The minimum Gasteiger partial charge on any atom is -0.508 e. The summed E-state index contributed by atoms with van der Waals surface area (Å²) in [5.41, 5.74) is 1.75. The predicted octanol–water partition coefficient (Wildman–Crippen LogP) is 1.94. The molecule has 2 rings (SSSR count). The lowest BCUT2D eigenvalue weighted by molar-refractivity contribution is 0.476. The van der Waals surface area contributed by atoms with E-state index >= 15 is 0 Å². The van der Waals surface area contributed by atoms with E-state index in [1.165, 1.54) is 0 Å². The highest BCUT2D eigenvalue weighted by Gasteiger charge is 2.09. The molecule has 0 spiro atoms. The van der Waals surface area contributed by atoms with Crippen LogP contribution in [0.4, 0.5) is 0 Å². The van der Waals surface area contributed by atoms with Gasteiger partial charge in [-0.05, 0) is 25.6 Å². The van der Waals surface area contributed by atoms with Crippen LogP contribution in [-0.4, -0.2) is 21.6 Å². The number of nitrogens with one attached hydrogen (secondary N) is 2. The molecular weight excluding hydrogens is 190 g/mol. The van der Waals surface area contributed by atoms with Gasteiger partial charge in [0.15, 0.2) is 0 Å². The first-order chi connectivity index (χ1) is 7.20. The van der Waals surface area contributed by atoms with Gasteiger partial charge in [-0.2, -0.15) is 0 Å². The molecule has 1 aromatic heterocycles. The average Bonchev–Trinajstić information content (AvgIpc) is 2.60. The zero-order valence-corrected chi connectivity index (χ0v) is 8.91. The molecule has 0 radical (unpaired) electrons. The van der Waals surface area contributed by atoms with Crippen LogP contribution in [0.5, 0.6) is 5.75 Å². The SMILES string of the molecule is CCNC(C)c1nc2ccc(O)cc2[nH]1. The van der Waals surface area contributed by atoms with Crippen LogP contribution >= 0.6 is 0 Å². The molecule has 0 bridgehead atoms. The fourth-order valence-corrected chi connectivity index (χ4v) is 1.63. The van der Waals surface area contributed by atoms with Crippen LogP contribution < -0.4 is 5.32 Å². The standard InChI is InChI=1S/C11H15N3O/c1-3-12-7(2)11-13-9-5-4-8(15)6-10(9)14-11/h4-7,12,15H,3H2,1-2H3,(H,13,14). The second-order valence-electron chi connectivity index (χ2n) is 3.60. The summed E-state index contributed by atoms with van der Waals surface area (Å²) in [5.74, 6) is 1.16. The Morgan fingerprint density at radius 3 is 3.07 bits per heavy atom. The number of fused-ring (bicyclic) bond motifs is 1. The van der Waals surface area contributed by atoms with E-state index in [4.69, 9.17) is 0 Å². The highest BCUT2D eigenvalue weighted by molar-refractivity contribution is 5.76. The maximum absolute atomic E-state index is 9.32. The number of aromatic hydroxyl groups is 1. The molecule has 0 aliphatic heterocycles. The van der Waals surface area contributed by atoms with Crippen molar-refractivity contribution >= 4 is 11.0 Å². The van der Waals surface area contributed by atoms with Gasteiger partial charge in [-0.1, -0.05) is 6.92 Å². The lowest BCUT2D eigenvalue weighted by Crippen LogP contribution is -2.18. The number of hydrogen-bond acceptors (Lipinski definition) is 3. The Morgan fingerprint density at radius 2 is 2.33 bits per heavy atom. The van der Waals surface area contributed by atoms with Crippen LogP contribution in [-0.2, 0) is 0 Å². The second-order valence-corrected chi connectivity index (χ2v) is 3.60. The Morgan fingerprint density at radius 1 is 1.53 bits per heavy atom. The minimum atomic E-state index is 0.199. The molecule has 4 heteroatoms. The summed E-state index contributed by atoms with van der Waals surface area (Å²) in [7, 11) is 0. The van der Waals surface area contributed by atoms with Gasteiger partial charge in [-0.15, -0.1) is 0 Å². The van der Waals surface area contributed by atoms with E-state index in [-0.39, 0.29) is 11.8 Å². The van der Waals surface area contributed by atoms with Gasteiger partial charge in [0.2, 0.25) is 0 Å². The molecule has 3 N–H and O–H groups in total. The smallest absolute Gasteiger partial charge is 0.124 e. The van der Waals surface area contributed by atoms with E-state index in [1.807, 2.05) is 6.07 Å². The number of rotatable bonds is 3. The first-order valence-corrected chi connectivity index (χ1v) is 5.12. The van der Waals surface area contributed by atoms with E-state index in [2.05, 4.69) is 29.1 Å². The summed E-state index contributed by atoms with van der Waals surface area (Å²) >= 11 is 0. The second kappa shape index (κ2) is 3.90. The molecule has 0 fully saturated rings. The van der Waals surface area contributed by atoms with Gasteiger partial charge in [0.1, 0.15) is 11.6 Å². The van der Waals surface area contributed by atoms with Crippen molar-refractivity contribution in [2.24, 2.45) is 0 Å². The van der Waals surface area contributed by atoms with Crippen molar-refractivity contribution < 1.29 is 5.11 Å². The van der Waals surface area contributed by atoms with Crippen LogP contribution in [0.25, 0.3) is 11.0 Å². The van der Waals surface area contributed by atoms with Crippen LogP contribution in [0.3, 0.4) is 0 Å². The zero-order valence-electron chi connectivity index (χ0n) is 8.91. The fraction of sp³-hybridized carbons (Fsp3) is 0.364. The fourth-order valence-electron chi connectivity index (χ4n) is 1.63. The third kappa shape index (κ3) is 1.94. The molecule has 0 aliphatic carbocycles. The lowest BCUT2D eigenvalue weighted by atomic mass is 10.3. The quantitative estimate of drug-likeness (QED) is 0.717. The Hall–Kier alpha value is -1.55. The molecule has 2 aromatic rings. The summed E-state index contributed by atoms with van der Waals surface area (Å²) in [5, 5.41) is 12.6. The van der Waals surface area contributed by atoms with E-state index in [0.717, 1.165) is 23.4 Å². The predicted molar refractivity (Wildman–Crippen MR) is 59.9 cm³/mol. The van der Waals surface area contributed by atoms with Crippen LogP contribution in [0.15, 0.2) is 18.2 Å². The Bertz CT molecular complexity index is 464. The van der Waals surface area contributed by atoms with Gasteiger partial charge in [0.25, 0.3) is 0 Å². The number of phenolic OH excluding ortho intramolecular Hbond substituents is 1. The minimum absolute atomic E-state index is 0.199. The number of H-pyrrole nitrogens is 1. The number of hydrogen-bond donors (Lipinski definition) is 3. The molecule has 0 saturated heterocycles. The van der Waals surface area contributed by atoms with Crippen molar-refractivity contribution in [2.75, 3.05) is 6.54 Å². The van der Waals surface area contributed by atoms with Crippen molar-refractivity contribution in [1.29, 1.82) is 0 Å². The van der Waals surface area contributed by atoms with E-state index in [9.17, 15) is 5.11 Å². The van der Waals surface area contributed by atoms with Gasteiger partial charge < -0.3 is 15.4 Å². The Kier molecular flexibility index (Phi) is 2.60. The summed E-state index contributed by atoms with van der Waals surface area (Å²) in [6.45, 7) is 5.02. The average molecular weight is 205 g/mol. The molecule has 1 heterocycles. The molecule has 0 saturated carbocycles. The van der Waals surface area contributed by atoms with Crippen LogP contribution in [0.1, 0.15) is 25.7 Å². The molecule has 1 aromatic carbocycles. The largest absolute Gasteiger partial charge is 0.508 e. The molecule has 0 amide bonds. The highest BCUT2D eigenvalue weighted by Crippen LogP contribution is 2.19. The third-order valence-electron chi connectivity index (χ3n) is 2.40. The third-order valence-corrected chi connectivity index (χ3v) is 2.40. The summed E-state index contributed by atoms with van der Waals surface area (Å²) in [6, 6.07) is 5.34. The van der Waals surface area contributed by atoms with Gasteiger partial charge in [-0.3, -0.25) is 0 Å². The molecule has 1 atom stereocenters. The maximum Gasteiger partial charge on any atom is 0.124 e. The van der Waals surface area contributed by atoms with Crippen LogP contribution in [0, 0.1) is 0 Å². The summed E-state index contributed by atoms with van der Waals surface area (Å²) in [4.78, 5) is 7.63. The first-order valence-electron chi connectivity index (χ1n) is 5.12. The molecule has 1 unspecified atom stereocenters. The highest BCUT2D eigenvalue weighted by atomic mass is 16.3. The first kappa shape index (κ1) is 9.98. The number of aromatic amines is 1. The number of benzene rings is 1.